The number of aliphatic hydroxyl groups excluding tert-OH is 1. The number of aromatic nitrogens is 1. The van der Waals surface area contributed by atoms with Crippen LogP contribution in [0.15, 0.2) is 24.5 Å². The first-order valence-electron chi connectivity index (χ1n) is 4.23. The molecule has 0 saturated carbocycles. The molecule has 0 saturated heterocycles. The molecule has 0 amide bonds. The Morgan fingerprint density at radius 2 is 2.15 bits per heavy atom. The molecular weight excluding hydrogens is 166 g/mol. The topological polar surface area (TPSA) is 71.2 Å². The van der Waals surface area contributed by atoms with Crippen LogP contribution >= 0.6 is 0 Å². The summed E-state index contributed by atoms with van der Waals surface area (Å²) in [6.45, 7) is -0.0339. The fourth-order valence-electron chi connectivity index (χ4n) is 1.30. The van der Waals surface area contributed by atoms with Crippen LogP contribution in [0.25, 0.3) is 0 Å². The normalized spacial score (nSPS) is 15.3. The molecule has 4 nitrogen and oxygen atoms in total. The third kappa shape index (κ3) is 2.48. The van der Waals surface area contributed by atoms with Crippen molar-refractivity contribution in [3.8, 4) is 0 Å². The van der Waals surface area contributed by atoms with Gasteiger partial charge in [-0.15, -0.1) is 0 Å². The van der Waals surface area contributed by atoms with Gasteiger partial charge in [-0.1, -0.05) is 0 Å². The van der Waals surface area contributed by atoms with E-state index in [4.69, 9.17) is 10.8 Å². The molecule has 13 heavy (non-hydrogen) atoms. The number of nitrogens with zero attached hydrogens (tertiary/aromatic N) is 1. The molecule has 4 N–H and O–H groups in total. The van der Waals surface area contributed by atoms with Crippen molar-refractivity contribution in [3.63, 3.8) is 0 Å². The van der Waals surface area contributed by atoms with E-state index in [-0.39, 0.29) is 18.7 Å². The Labute approximate surface area is 77.8 Å². The number of rotatable bonds is 4. The van der Waals surface area contributed by atoms with Gasteiger partial charge in [-0.3, -0.25) is 4.98 Å². The predicted octanol–water partition coefficient (Wildman–Crippen LogP) is -0.338. The van der Waals surface area contributed by atoms with E-state index in [1.54, 1.807) is 12.4 Å². The van der Waals surface area contributed by atoms with Gasteiger partial charge in [0, 0.05) is 24.5 Å². The first-order chi connectivity index (χ1) is 6.29. The average molecular weight is 181 g/mol. The molecule has 0 bridgehead atoms. The van der Waals surface area contributed by atoms with E-state index in [2.05, 4.69) is 10.3 Å². The van der Waals surface area contributed by atoms with Gasteiger partial charge in [0.05, 0.1) is 6.61 Å². The van der Waals surface area contributed by atoms with Gasteiger partial charge in [-0.05, 0) is 24.7 Å². The van der Waals surface area contributed by atoms with Crippen LogP contribution in [0, 0.1) is 0 Å². The maximum absolute atomic E-state index is 8.92. The first-order valence-corrected chi connectivity index (χ1v) is 4.23. The lowest BCUT2D eigenvalue weighted by atomic mass is 10.0. The van der Waals surface area contributed by atoms with Crippen molar-refractivity contribution in [2.75, 3.05) is 13.7 Å². The number of pyridine rings is 1. The van der Waals surface area contributed by atoms with Crippen LogP contribution in [-0.2, 0) is 0 Å². The Hall–Kier alpha value is -0.970. The van der Waals surface area contributed by atoms with Crippen LogP contribution < -0.4 is 11.1 Å². The molecule has 1 rings (SSSR count). The molecule has 2 atom stereocenters. The second-order valence-corrected chi connectivity index (χ2v) is 2.89. The largest absolute Gasteiger partial charge is 0.395 e. The molecule has 4 heteroatoms. The SMILES string of the molecule is CNC(c1ccncc1)C(N)CO. The van der Waals surface area contributed by atoms with Gasteiger partial charge in [0.25, 0.3) is 0 Å². The molecule has 0 fully saturated rings. The van der Waals surface area contributed by atoms with Crippen molar-refractivity contribution in [1.29, 1.82) is 0 Å². The van der Waals surface area contributed by atoms with Crippen molar-refractivity contribution < 1.29 is 5.11 Å². The molecule has 0 aliphatic heterocycles. The average Bonchev–Trinajstić information content (AvgIpc) is 2.20. The number of aliphatic hydroxyl groups is 1. The Morgan fingerprint density at radius 1 is 1.54 bits per heavy atom. The predicted molar refractivity (Wildman–Crippen MR) is 51.1 cm³/mol. The summed E-state index contributed by atoms with van der Waals surface area (Å²) in [7, 11) is 1.82. The van der Waals surface area contributed by atoms with E-state index in [1.807, 2.05) is 19.2 Å². The highest BCUT2D eigenvalue weighted by Gasteiger charge is 2.16. The van der Waals surface area contributed by atoms with E-state index < -0.39 is 0 Å². The Balaban J connectivity index is 2.78. The van der Waals surface area contributed by atoms with Crippen molar-refractivity contribution in [2.24, 2.45) is 5.73 Å². The molecule has 0 spiro atoms. The van der Waals surface area contributed by atoms with Crippen molar-refractivity contribution in [2.45, 2.75) is 12.1 Å². The van der Waals surface area contributed by atoms with Crippen LogP contribution in [0.4, 0.5) is 0 Å². The molecular formula is C9H15N3O. The van der Waals surface area contributed by atoms with Gasteiger partial charge in [0.15, 0.2) is 0 Å². The molecule has 2 unspecified atom stereocenters. The van der Waals surface area contributed by atoms with Gasteiger partial charge in [0.1, 0.15) is 0 Å². The summed E-state index contributed by atoms with van der Waals surface area (Å²) in [5.41, 5.74) is 6.77. The van der Waals surface area contributed by atoms with Gasteiger partial charge < -0.3 is 16.2 Å². The van der Waals surface area contributed by atoms with Crippen molar-refractivity contribution in [3.05, 3.63) is 30.1 Å². The van der Waals surface area contributed by atoms with E-state index >= 15 is 0 Å². The van der Waals surface area contributed by atoms with Crippen LogP contribution in [0.1, 0.15) is 11.6 Å². The van der Waals surface area contributed by atoms with Crippen LogP contribution in [0.3, 0.4) is 0 Å². The van der Waals surface area contributed by atoms with Gasteiger partial charge >= 0.3 is 0 Å². The third-order valence-corrected chi connectivity index (χ3v) is 2.02. The molecule has 72 valence electrons. The summed E-state index contributed by atoms with van der Waals surface area (Å²) in [5.74, 6) is 0. The maximum Gasteiger partial charge on any atom is 0.0601 e. The molecule has 1 heterocycles. The monoisotopic (exact) mass is 181 g/mol. The fourth-order valence-corrected chi connectivity index (χ4v) is 1.30. The maximum atomic E-state index is 8.92. The minimum absolute atomic E-state index is 0.0204. The molecule has 0 radical (unpaired) electrons. The summed E-state index contributed by atoms with van der Waals surface area (Å²) in [4.78, 5) is 3.92. The smallest absolute Gasteiger partial charge is 0.0601 e. The minimum Gasteiger partial charge on any atom is -0.395 e. The lowest BCUT2D eigenvalue weighted by Gasteiger charge is -2.21. The van der Waals surface area contributed by atoms with E-state index in [0.717, 1.165) is 5.56 Å². The van der Waals surface area contributed by atoms with Crippen molar-refractivity contribution >= 4 is 0 Å². The quantitative estimate of drug-likeness (QED) is 0.594. The first kappa shape index (κ1) is 10.1. The number of likely N-dealkylation sites (N-methyl/N-ethyl adjacent to an activating group) is 1. The number of nitrogens with two attached hydrogens (primary N) is 1. The van der Waals surface area contributed by atoms with Gasteiger partial charge in [-0.2, -0.15) is 0 Å². The summed E-state index contributed by atoms with van der Waals surface area (Å²) in [6.07, 6.45) is 3.42. The minimum atomic E-state index is -0.285. The zero-order valence-corrected chi connectivity index (χ0v) is 7.64. The van der Waals surface area contributed by atoms with Crippen molar-refractivity contribution in [1.82, 2.24) is 10.3 Å². The number of hydrogen-bond acceptors (Lipinski definition) is 4. The molecule has 1 aromatic rings. The fraction of sp³-hybridized carbons (Fsp3) is 0.444. The third-order valence-electron chi connectivity index (χ3n) is 2.02. The highest BCUT2D eigenvalue weighted by molar-refractivity contribution is 5.16. The highest BCUT2D eigenvalue weighted by Crippen LogP contribution is 2.13. The summed E-state index contributed by atoms with van der Waals surface area (Å²) in [5, 5.41) is 12.0. The highest BCUT2D eigenvalue weighted by atomic mass is 16.3. The Morgan fingerprint density at radius 3 is 2.62 bits per heavy atom. The van der Waals surface area contributed by atoms with Gasteiger partial charge in [0.2, 0.25) is 0 Å². The standard InChI is InChI=1S/C9H15N3O/c1-11-9(8(10)6-13)7-2-4-12-5-3-7/h2-5,8-9,11,13H,6,10H2,1H3. The molecule has 1 aromatic heterocycles. The van der Waals surface area contributed by atoms with E-state index in [1.165, 1.54) is 0 Å². The molecule has 0 aliphatic carbocycles. The Kier molecular flexibility index (Phi) is 3.82. The summed E-state index contributed by atoms with van der Waals surface area (Å²) >= 11 is 0. The summed E-state index contributed by atoms with van der Waals surface area (Å²) < 4.78 is 0. The Bertz CT molecular complexity index is 240. The van der Waals surface area contributed by atoms with E-state index in [0.29, 0.717) is 0 Å². The number of nitrogens with one attached hydrogen (secondary N) is 1. The van der Waals surface area contributed by atoms with E-state index in [9.17, 15) is 0 Å². The lowest BCUT2D eigenvalue weighted by Crippen LogP contribution is -2.38. The second-order valence-electron chi connectivity index (χ2n) is 2.89. The molecule has 0 aliphatic rings. The zero-order chi connectivity index (χ0) is 9.68. The van der Waals surface area contributed by atoms with Crippen LogP contribution in [0.2, 0.25) is 0 Å². The zero-order valence-electron chi connectivity index (χ0n) is 7.64. The van der Waals surface area contributed by atoms with Crippen LogP contribution in [-0.4, -0.2) is 29.8 Å². The van der Waals surface area contributed by atoms with Gasteiger partial charge in [-0.25, -0.2) is 0 Å². The summed E-state index contributed by atoms with van der Waals surface area (Å²) in [6, 6.07) is 3.47. The lowest BCUT2D eigenvalue weighted by molar-refractivity contribution is 0.240. The van der Waals surface area contributed by atoms with Crippen LogP contribution in [0.5, 0.6) is 0 Å². The second kappa shape index (κ2) is 4.91. The molecule has 0 aromatic carbocycles. The number of hydrogen-bond donors (Lipinski definition) is 3.